The Balaban J connectivity index is 1.10. The molecule has 1 heterocycles. The predicted molar refractivity (Wildman–Crippen MR) is 247 cm³/mol. The predicted octanol–water partition coefficient (Wildman–Crippen LogP) is 16.2. The highest BCUT2D eigenvalue weighted by Crippen LogP contribution is 2.49. The molecule has 0 aliphatic rings. The maximum Gasteiger partial charge on any atom is 0.145 e. The number of fused-ring (bicyclic) bond motifs is 10. The van der Waals surface area contributed by atoms with Gasteiger partial charge in [0.2, 0.25) is 0 Å². The summed E-state index contributed by atoms with van der Waals surface area (Å²) in [4.78, 5) is 2.44. The quantitative estimate of drug-likeness (QED) is 0.164. The molecule has 0 bridgehead atoms. The topological polar surface area (TPSA) is 16.4 Å². The van der Waals surface area contributed by atoms with Crippen molar-refractivity contribution in [1.29, 1.82) is 0 Å². The molecule has 0 saturated heterocycles. The summed E-state index contributed by atoms with van der Waals surface area (Å²) in [5, 5.41) is 14.5. The van der Waals surface area contributed by atoms with Gasteiger partial charge in [-0.2, -0.15) is 0 Å². The fraction of sp³-hybridized carbons (Fsp3) is 0. The van der Waals surface area contributed by atoms with E-state index in [0.29, 0.717) is 0 Å². The van der Waals surface area contributed by atoms with Gasteiger partial charge < -0.3 is 9.32 Å². The molecular formula is C56H35NO. The second-order valence-electron chi connectivity index (χ2n) is 15.2. The smallest absolute Gasteiger partial charge is 0.145 e. The fourth-order valence-electron chi connectivity index (χ4n) is 9.28. The third kappa shape index (κ3) is 5.05. The number of rotatable bonds is 5. The summed E-state index contributed by atoms with van der Waals surface area (Å²) in [7, 11) is 0. The van der Waals surface area contributed by atoms with E-state index in [1.54, 1.807) is 0 Å². The van der Waals surface area contributed by atoms with Crippen molar-refractivity contribution in [2.24, 2.45) is 0 Å². The normalized spacial score (nSPS) is 11.8. The van der Waals surface area contributed by atoms with Crippen LogP contribution in [0.5, 0.6) is 0 Å². The number of furan rings is 1. The lowest BCUT2D eigenvalue weighted by Crippen LogP contribution is -2.11. The SMILES string of the molecule is c1ccc2c(-c3ccc(N(c4ccc(-c5ccc6ccc7ccccc7c6c5)cc4)c4cccc5c4ccc4ccccc45)c4c3oc3ccccc34)cccc2c1. The third-order valence-electron chi connectivity index (χ3n) is 12.0. The van der Waals surface area contributed by atoms with E-state index in [1.165, 1.54) is 65.0 Å². The van der Waals surface area contributed by atoms with E-state index >= 15 is 0 Å². The van der Waals surface area contributed by atoms with Gasteiger partial charge in [-0.25, -0.2) is 0 Å². The van der Waals surface area contributed by atoms with Crippen molar-refractivity contribution in [1.82, 2.24) is 0 Å². The molecule has 12 rings (SSSR count). The van der Waals surface area contributed by atoms with E-state index in [-0.39, 0.29) is 0 Å². The second kappa shape index (κ2) is 12.9. The van der Waals surface area contributed by atoms with Crippen LogP contribution < -0.4 is 4.90 Å². The molecule has 270 valence electrons. The molecule has 1 aromatic heterocycles. The Bertz CT molecular complexity index is 3570. The lowest BCUT2D eigenvalue weighted by Gasteiger charge is -2.28. The first-order valence-corrected chi connectivity index (χ1v) is 19.9. The first kappa shape index (κ1) is 32.6. The van der Waals surface area contributed by atoms with Crippen molar-refractivity contribution in [2.75, 3.05) is 4.90 Å². The van der Waals surface area contributed by atoms with Gasteiger partial charge in [-0.3, -0.25) is 0 Å². The van der Waals surface area contributed by atoms with Gasteiger partial charge in [0.25, 0.3) is 0 Å². The molecule has 0 fully saturated rings. The van der Waals surface area contributed by atoms with Gasteiger partial charge in [0.05, 0.1) is 16.8 Å². The molecule has 0 unspecified atom stereocenters. The fourth-order valence-corrected chi connectivity index (χ4v) is 9.28. The van der Waals surface area contributed by atoms with Crippen molar-refractivity contribution in [2.45, 2.75) is 0 Å². The van der Waals surface area contributed by atoms with E-state index in [4.69, 9.17) is 4.42 Å². The summed E-state index contributed by atoms with van der Waals surface area (Å²) in [6, 6.07) is 77.0. The van der Waals surface area contributed by atoms with E-state index in [2.05, 4.69) is 217 Å². The van der Waals surface area contributed by atoms with Gasteiger partial charge >= 0.3 is 0 Å². The number of benzene rings is 11. The Morgan fingerprint density at radius 2 is 0.879 bits per heavy atom. The molecule has 0 amide bonds. The summed E-state index contributed by atoms with van der Waals surface area (Å²) < 4.78 is 6.91. The number of hydrogen-bond acceptors (Lipinski definition) is 2. The van der Waals surface area contributed by atoms with E-state index < -0.39 is 0 Å². The average Bonchev–Trinajstić information content (AvgIpc) is 3.69. The van der Waals surface area contributed by atoms with Crippen LogP contribution in [0.15, 0.2) is 217 Å². The summed E-state index contributed by atoms with van der Waals surface area (Å²) >= 11 is 0. The Kier molecular flexibility index (Phi) is 7.26. The number of anilines is 3. The van der Waals surface area contributed by atoms with Crippen molar-refractivity contribution in [3.8, 4) is 22.3 Å². The first-order valence-electron chi connectivity index (χ1n) is 19.9. The molecule has 0 saturated carbocycles. The van der Waals surface area contributed by atoms with E-state index in [1.807, 2.05) is 0 Å². The van der Waals surface area contributed by atoms with Gasteiger partial charge in [-0.15, -0.1) is 0 Å². The molecule has 11 aromatic carbocycles. The van der Waals surface area contributed by atoms with Crippen LogP contribution in [-0.4, -0.2) is 0 Å². The van der Waals surface area contributed by atoms with Crippen LogP contribution in [0, 0.1) is 0 Å². The van der Waals surface area contributed by atoms with Crippen molar-refractivity contribution in [3.05, 3.63) is 212 Å². The maximum atomic E-state index is 6.91. The third-order valence-corrected chi connectivity index (χ3v) is 12.0. The molecule has 0 aliphatic carbocycles. The lowest BCUT2D eigenvalue weighted by molar-refractivity contribution is 0.670. The first-order chi connectivity index (χ1) is 28.8. The second-order valence-corrected chi connectivity index (χ2v) is 15.2. The summed E-state index contributed by atoms with van der Waals surface area (Å²) in [5.74, 6) is 0. The Morgan fingerprint density at radius 1 is 0.310 bits per heavy atom. The maximum absolute atomic E-state index is 6.91. The van der Waals surface area contributed by atoms with Crippen molar-refractivity contribution >= 4 is 92.9 Å². The van der Waals surface area contributed by atoms with Crippen LogP contribution in [0.25, 0.3) is 98.1 Å². The van der Waals surface area contributed by atoms with E-state index in [9.17, 15) is 0 Å². The molecule has 0 radical (unpaired) electrons. The van der Waals surface area contributed by atoms with Crippen LogP contribution in [0.2, 0.25) is 0 Å². The minimum absolute atomic E-state index is 0.870. The lowest BCUT2D eigenvalue weighted by atomic mass is 9.95. The van der Waals surface area contributed by atoms with Crippen LogP contribution in [-0.2, 0) is 0 Å². The standard InChI is InChI=1S/C56H35NO/c1-4-15-43-37(11-1)14-9-19-47(43)49-33-34-53(55-50-18-7-8-22-54(50)58-56(49)55)57(52-21-10-20-46-44-16-5-2-13-39(44)29-32-48(46)52)42-30-27-36(28-31-42)41-26-25-40-24-23-38-12-3-6-17-45(38)51(40)35-41/h1-35H. The van der Waals surface area contributed by atoms with E-state index in [0.717, 1.165) is 50.1 Å². The Hall–Kier alpha value is -7.68. The highest BCUT2D eigenvalue weighted by molar-refractivity contribution is 6.20. The number of hydrogen-bond donors (Lipinski definition) is 0. The minimum Gasteiger partial charge on any atom is -0.455 e. The average molecular weight is 738 g/mol. The molecule has 2 nitrogen and oxygen atoms in total. The molecule has 58 heavy (non-hydrogen) atoms. The largest absolute Gasteiger partial charge is 0.455 e. The van der Waals surface area contributed by atoms with Crippen molar-refractivity contribution < 1.29 is 4.42 Å². The molecule has 0 aliphatic heterocycles. The zero-order chi connectivity index (χ0) is 38.2. The van der Waals surface area contributed by atoms with Crippen LogP contribution in [0.1, 0.15) is 0 Å². The molecule has 0 N–H and O–H groups in total. The van der Waals surface area contributed by atoms with Gasteiger partial charge in [0.1, 0.15) is 11.2 Å². The summed E-state index contributed by atoms with van der Waals surface area (Å²) in [6.07, 6.45) is 0. The van der Waals surface area contributed by atoms with Crippen molar-refractivity contribution in [3.63, 3.8) is 0 Å². The summed E-state index contributed by atoms with van der Waals surface area (Å²) in [6.45, 7) is 0. The van der Waals surface area contributed by atoms with Crippen LogP contribution in [0.3, 0.4) is 0 Å². The highest BCUT2D eigenvalue weighted by atomic mass is 16.3. The van der Waals surface area contributed by atoms with Gasteiger partial charge in [0.15, 0.2) is 0 Å². The number of nitrogens with zero attached hydrogens (tertiary/aromatic N) is 1. The molecule has 0 atom stereocenters. The zero-order valence-corrected chi connectivity index (χ0v) is 31.6. The van der Waals surface area contributed by atoms with Crippen LogP contribution in [0.4, 0.5) is 17.1 Å². The Labute approximate surface area is 335 Å². The van der Waals surface area contributed by atoms with Gasteiger partial charge in [-0.05, 0) is 108 Å². The van der Waals surface area contributed by atoms with Crippen LogP contribution >= 0.6 is 0 Å². The minimum atomic E-state index is 0.870. The highest BCUT2D eigenvalue weighted by Gasteiger charge is 2.24. The summed E-state index contributed by atoms with van der Waals surface area (Å²) in [5.41, 5.74) is 9.60. The number of para-hydroxylation sites is 1. The molecular weight excluding hydrogens is 703 g/mol. The van der Waals surface area contributed by atoms with Gasteiger partial charge in [-0.1, -0.05) is 170 Å². The molecule has 12 aromatic rings. The monoisotopic (exact) mass is 737 g/mol. The Morgan fingerprint density at radius 3 is 1.67 bits per heavy atom. The van der Waals surface area contributed by atoms with Gasteiger partial charge in [0, 0.05) is 22.0 Å². The molecule has 0 spiro atoms. The zero-order valence-electron chi connectivity index (χ0n) is 31.6. The molecule has 2 heteroatoms.